The molecule has 14 heavy (non-hydrogen) atoms. The minimum absolute atomic E-state index is 0.109. The summed E-state index contributed by atoms with van der Waals surface area (Å²) in [6.07, 6.45) is -4.97. The Labute approximate surface area is 87.5 Å². The van der Waals surface area contributed by atoms with Crippen LogP contribution >= 0.6 is 12.2 Å². The minimum Gasteiger partial charge on any atom is -0.360 e. The van der Waals surface area contributed by atoms with E-state index in [1.165, 1.54) is 4.90 Å². The fourth-order valence-corrected chi connectivity index (χ4v) is 1.08. The SMILES string of the molecule is CC(C)NC(=S)N(C)CCC(F)(F)F. The number of nitrogens with zero attached hydrogens (tertiary/aromatic N) is 1. The summed E-state index contributed by atoms with van der Waals surface area (Å²) in [4.78, 5) is 1.39. The van der Waals surface area contributed by atoms with Crippen LogP contribution in [0.1, 0.15) is 20.3 Å². The average molecular weight is 228 g/mol. The molecule has 0 aliphatic carbocycles. The van der Waals surface area contributed by atoms with Crippen molar-refractivity contribution in [2.75, 3.05) is 13.6 Å². The highest BCUT2D eigenvalue weighted by molar-refractivity contribution is 7.80. The summed E-state index contributed by atoms with van der Waals surface area (Å²) < 4.78 is 35.6. The minimum atomic E-state index is -4.12. The lowest BCUT2D eigenvalue weighted by Crippen LogP contribution is -2.41. The molecule has 0 heterocycles. The van der Waals surface area contributed by atoms with Crippen LogP contribution in [0, 0.1) is 0 Å². The molecule has 0 aromatic rings. The first-order valence-corrected chi connectivity index (χ1v) is 4.71. The molecule has 0 fully saturated rings. The third-order valence-electron chi connectivity index (χ3n) is 1.49. The summed E-state index contributed by atoms with van der Waals surface area (Å²) in [6, 6.07) is 0.135. The predicted molar refractivity (Wildman–Crippen MR) is 54.2 cm³/mol. The topological polar surface area (TPSA) is 15.3 Å². The summed E-state index contributed by atoms with van der Waals surface area (Å²) >= 11 is 4.89. The van der Waals surface area contributed by atoms with Crippen LogP contribution in [0.15, 0.2) is 0 Å². The number of alkyl halides is 3. The van der Waals surface area contributed by atoms with Gasteiger partial charge in [0.1, 0.15) is 0 Å². The van der Waals surface area contributed by atoms with Crippen LogP contribution in [-0.2, 0) is 0 Å². The van der Waals surface area contributed by atoms with E-state index in [1.54, 1.807) is 7.05 Å². The zero-order valence-electron chi connectivity index (χ0n) is 8.48. The monoisotopic (exact) mass is 228 g/mol. The second kappa shape index (κ2) is 5.38. The molecule has 0 saturated heterocycles. The molecular weight excluding hydrogens is 213 g/mol. The van der Waals surface area contributed by atoms with Crippen LogP contribution < -0.4 is 5.32 Å². The summed E-state index contributed by atoms with van der Waals surface area (Å²) in [7, 11) is 1.55. The van der Waals surface area contributed by atoms with E-state index in [4.69, 9.17) is 12.2 Å². The molecule has 0 aliphatic rings. The number of hydrogen-bond donors (Lipinski definition) is 1. The van der Waals surface area contributed by atoms with Crippen molar-refractivity contribution in [1.29, 1.82) is 0 Å². The molecular formula is C8H15F3N2S. The maximum atomic E-state index is 11.9. The quantitative estimate of drug-likeness (QED) is 0.745. The molecule has 1 N–H and O–H groups in total. The lowest BCUT2D eigenvalue weighted by molar-refractivity contribution is -0.135. The van der Waals surface area contributed by atoms with Gasteiger partial charge >= 0.3 is 6.18 Å². The Morgan fingerprint density at radius 2 is 1.93 bits per heavy atom. The van der Waals surface area contributed by atoms with E-state index in [1.807, 2.05) is 13.8 Å². The average Bonchev–Trinajstić information content (AvgIpc) is 1.97. The molecule has 0 radical (unpaired) electrons. The Balaban J connectivity index is 3.85. The van der Waals surface area contributed by atoms with Crippen LogP contribution in [0.4, 0.5) is 13.2 Å². The molecule has 0 spiro atoms. The molecule has 0 aromatic carbocycles. The zero-order chi connectivity index (χ0) is 11.4. The lowest BCUT2D eigenvalue weighted by atomic mass is 10.4. The third kappa shape index (κ3) is 6.94. The van der Waals surface area contributed by atoms with Crippen molar-refractivity contribution in [2.45, 2.75) is 32.5 Å². The number of halogens is 3. The third-order valence-corrected chi connectivity index (χ3v) is 1.92. The number of nitrogens with one attached hydrogen (secondary N) is 1. The fourth-order valence-electron chi connectivity index (χ4n) is 0.753. The van der Waals surface area contributed by atoms with Crippen molar-refractivity contribution < 1.29 is 13.2 Å². The standard InChI is InChI=1S/C8H15F3N2S/c1-6(2)12-7(14)13(3)5-4-8(9,10)11/h6H,4-5H2,1-3H3,(H,12,14). The van der Waals surface area contributed by atoms with E-state index in [2.05, 4.69) is 5.32 Å². The second-order valence-corrected chi connectivity index (χ2v) is 3.78. The van der Waals surface area contributed by atoms with E-state index < -0.39 is 12.6 Å². The van der Waals surface area contributed by atoms with Gasteiger partial charge in [-0.05, 0) is 26.1 Å². The molecule has 0 atom stereocenters. The maximum Gasteiger partial charge on any atom is 0.390 e. The first-order valence-electron chi connectivity index (χ1n) is 4.31. The molecule has 6 heteroatoms. The van der Waals surface area contributed by atoms with Gasteiger partial charge in [-0.3, -0.25) is 0 Å². The summed E-state index contributed by atoms with van der Waals surface area (Å²) in [5.41, 5.74) is 0. The largest absolute Gasteiger partial charge is 0.390 e. The normalized spacial score (nSPS) is 11.6. The van der Waals surface area contributed by atoms with Crippen LogP contribution in [0.5, 0.6) is 0 Å². The Morgan fingerprint density at radius 3 is 2.29 bits per heavy atom. The summed E-state index contributed by atoms with van der Waals surface area (Å²) in [6.45, 7) is 3.65. The van der Waals surface area contributed by atoms with Crippen molar-refractivity contribution in [1.82, 2.24) is 10.2 Å². The molecule has 0 aromatic heterocycles. The highest BCUT2D eigenvalue weighted by atomic mass is 32.1. The van der Waals surface area contributed by atoms with Gasteiger partial charge in [-0.2, -0.15) is 13.2 Å². The zero-order valence-corrected chi connectivity index (χ0v) is 9.30. The number of rotatable bonds is 3. The Morgan fingerprint density at radius 1 is 1.43 bits per heavy atom. The van der Waals surface area contributed by atoms with Gasteiger partial charge in [0.15, 0.2) is 5.11 Å². The van der Waals surface area contributed by atoms with Crippen LogP contribution in [0.2, 0.25) is 0 Å². The van der Waals surface area contributed by atoms with Gasteiger partial charge in [-0.1, -0.05) is 0 Å². The molecule has 0 unspecified atom stereocenters. The van der Waals surface area contributed by atoms with Gasteiger partial charge in [0.05, 0.1) is 6.42 Å². The first-order chi connectivity index (χ1) is 6.22. The number of thiocarbonyl (C=S) groups is 1. The van der Waals surface area contributed by atoms with Gasteiger partial charge in [-0.25, -0.2) is 0 Å². The molecule has 0 amide bonds. The Hall–Kier alpha value is -0.520. The van der Waals surface area contributed by atoms with Gasteiger partial charge < -0.3 is 10.2 Å². The molecule has 0 saturated carbocycles. The van der Waals surface area contributed by atoms with Crippen molar-refractivity contribution >= 4 is 17.3 Å². The summed E-state index contributed by atoms with van der Waals surface area (Å²) in [5.74, 6) is 0. The highest BCUT2D eigenvalue weighted by Crippen LogP contribution is 2.19. The van der Waals surface area contributed by atoms with Crippen molar-refractivity contribution in [3.63, 3.8) is 0 Å². The smallest absolute Gasteiger partial charge is 0.360 e. The van der Waals surface area contributed by atoms with E-state index in [0.29, 0.717) is 5.11 Å². The lowest BCUT2D eigenvalue weighted by Gasteiger charge is -2.23. The Bertz CT molecular complexity index is 192. The second-order valence-electron chi connectivity index (χ2n) is 3.39. The molecule has 0 bridgehead atoms. The summed E-state index contributed by atoms with van der Waals surface area (Å²) in [5, 5.41) is 3.22. The van der Waals surface area contributed by atoms with E-state index in [0.717, 1.165) is 0 Å². The molecule has 0 rings (SSSR count). The van der Waals surface area contributed by atoms with Crippen molar-refractivity contribution in [2.24, 2.45) is 0 Å². The first kappa shape index (κ1) is 13.5. The van der Waals surface area contributed by atoms with Gasteiger partial charge in [0.2, 0.25) is 0 Å². The van der Waals surface area contributed by atoms with Crippen LogP contribution in [0.25, 0.3) is 0 Å². The number of hydrogen-bond acceptors (Lipinski definition) is 1. The molecule has 0 aliphatic heterocycles. The van der Waals surface area contributed by atoms with E-state index in [-0.39, 0.29) is 12.6 Å². The fraction of sp³-hybridized carbons (Fsp3) is 0.875. The van der Waals surface area contributed by atoms with Crippen LogP contribution in [0.3, 0.4) is 0 Å². The maximum absolute atomic E-state index is 11.9. The van der Waals surface area contributed by atoms with Gasteiger partial charge in [0.25, 0.3) is 0 Å². The van der Waals surface area contributed by atoms with Crippen molar-refractivity contribution in [3.8, 4) is 0 Å². The van der Waals surface area contributed by atoms with E-state index in [9.17, 15) is 13.2 Å². The predicted octanol–water partition coefficient (Wildman–Crippen LogP) is 2.15. The van der Waals surface area contributed by atoms with E-state index >= 15 is 0 Å². The van der Waals surface area contributed by atoms with Gasteiger partial charge in [0, 0.05) is 19.6 Å². The van der Waals surface area contributed by atoms with Gasteiger partial charge in [-0.15, -0.1) is 0 Å². The van der Waals surface area contributed by atoms with Crippen LogP contribution in [-0.4, -0.2) is 35.8 Å². The Kier molecular flexibility index (Phi) is 5.18. The molecule has 2 nitrogen and oxygen atoms in total. The van der Waals surface area contributed by atoms with Crippen molar-refractivity contribution in [3.05, 3.63) is 0 Å². The highest BCUT2D eigenvalue weighted by Gasteiger charge is 2.27. The molecule has 84 valence electrons.